The number of hydrogen-bond acceptors (Lipinski definition) is 4. The van der Waals surface area contributed by atoms with E-state index in [9.17, 15) is 9.18 Å². The van der Waals surface area contributed by atoms with Gasteiger partial charge >= 0.3 is 0 Å². The third-order valence-electron chi connectivity index (χ3n) is 4.94. The van der Waals surface area contributed by atoms with Crippen molar-refractivity contribution in [3.8, 4) is 17.0 Å². The van der Waals surface area contributed by atoms with Crippen LogP contribution in [0.3, 0.4) is 0 Å². The third kappa shape index (κ3) is 3.08. The number of benzene rings is 1. The summed E-state index contributed by atoms with van der Waals surface area (Å²) in [4.78, 5) is 17.1. The number of fused-ring (bicyclic) bond motifs is 1. The van der Waals surface area contributed by atoms with Crippen molar-refractivity contribution in [1.29, 1.82) is 0 Å². The van der Waals surface area contributed by atoms with Crippen molar-refractivity contribution in [2.24, 2.45) is 0 Å². The third-order valence-corrected chi connectivity index (χ3v) is 4.94. The van der Waals surface area contributed by atoms with E-state index >= 15 is 0 Å². The summed E-state index contributed by atoms with van der Waals surface area (Å²) in [6, 6.07) is 9.91. The van der Waals surface area contributed by atoms with Crippen molar-refractivity contribution < 1.29 is 9.13 Å². The van der Waals surface area contributed by atoms with Crippen LogP contribution >= 0.6 is 0 Å². The van der Waals surface area contributed by atoms with Crippen LogP contribution in [0.1, 0.15) is 24.3 Å². The zero-order chi connectivity index (χ0) is 18.1. The van der Waals surface area contributed by atoms with Crippen LogP contribution in [-0.4, -0.2) is 29.6 Å². The fourth-order valence-electron chi connectivity index (χ4n) is 3.49. The predicted molar refractivity (Wildman–Crippen MR) is 98.3 cm³/mol. The van der Waals surface area contributed by atoms with E-state index < -0.39 is 5.82 Å². The number of pyridine rings is 1. The zero-order valence-corrected chi connectivity index (χ0v) is 14.5. The molecule has 0 amide bonds. The Morgan fingerprint density at radius 3 is 2.73 bits per heavy atom. The van der Waals surface area contributed by atoms with Gasteiger partial charge in [0, 0.05) is 17.8 Å². The summed E-state index contributed by atoms with van der Waals surface area (Å²) in [6.45, 7) is 2.00. The van der Waals surface area contributed by atoms with Crippen molar-refractivity contribution >= 4 is 5.65 Å². The molecule has 1 N–H and O–H groups in total. The van der Waals surface area contributed by atoms with E-state index in [2.05, 4.69) is 10.3 Å². The molecule has 0 aliphatic carbocycles. The Balaban J connectivity index is 1.75. The number of piperidine rings is 1. The smallest absolute Gasteiger partial charge is 0.258 e. The van der Waals surface area contributed by atoms with Gasteiger partial charge in [-0.2, -0.15) is 0 Å². The highest BCUT2D eigenvalue weighted by atomic mass is 19.1. The Hall–Kier alpha value is -2.73. The zero-order valence-electron chi connectivity index (χ0n) is 14.5. The minimum Gasteiger partial charge on any atom is -0.494 e. The van der Waals surface area contributed by atoms with E-state index in [1.54, 1.807) is 10.5 Å². The first-order valence-corrected chi connectivity index (χ1v) is 8.74. The summed E-state index contributed by atoms with van der Waals surface area (Å²) < 4.78 is 20.5. The Morgan fingerprint density at radius 1 is 1.19 bits per heavy atom. The maximum atomic E-state index is 14.0. The molecule has 1 saturated heterocycles. The number of rotatable bonds is 3. The second-order valence-electron chi connectivity index (χ2n) is 6.54. The summed E-state index contributed by atoms with van der Waals surface area (Å²) in [5.41, 5.74) is 2.54. The van der Waals surface area contributed by atoms with E-state index in [-0.39, 0.29) is 11.3 Å². The van der Waals surface area contributed by atoms with Crippen LogP contribution < -0.4 is 15.6 Å². The standard InChI is InChI=1S/C20H20FN3O2/c1-26-18-4-2-14(10-16(18)21)17-11-20(25)24-12-15(3-5-19(24)23-17)13-6-8-22-9-7-13/h2-5,10-13,22H,6-9H2,1H3. The molecule has 1 fully saturated rings. The monoisotopic (exact) mass is 353 g/mol. The van der Waals surface area contributed by atoms with Gasteiger partial charge in [-0.15, -0.1) is 0 Å². The van der Waals surface area contributed by atoms with E-state index in [1.807, 2.05) is 18.3 Å². The van der Waals surface area contributed by atoms with Crippen molar-refractivity contribution in [3.63, 3.8) is 0 Å². The Labute approximate surface area is 150 Å². The first-order valence-electron chi connectivity index (χ1n) is 8.74. The lowest BCUT2D eigenvalue weighted by Crippen LogP contribution is -2.27. The van der Waals surface area contributed by atoms with Crippen LogP contribution in [0, 0.1) is 5.82 Å². The lowest BCUT2D eigenvalue weighted by Gasteiger charge is -2.23. The molecule has 3 aromatic rings. The summed E-state index contributed by atoms with van der Waals surface area (Å²) >= 11 is 0. The summed E-state index contributed by atoms with van der Waals surface area (Å²) in [7, 11) is 1.42. The van der Waals surface area contributed by atoms with E-state index in [1.165, 1.54) is 25.3 Å². The van der Waals surface area contributed by atoms with E-state index in [0.717, 1.165) is 31.5 Å². The highest BCUT2D eigenvalue weighted by molar-refractivity contribution is 5.62. The summed E-state index contributed by atoms with van der Waals surface area (Å²) in [5, 5.41) is 3.35. The van der Waals surface area contributed by atoms with Gasteiger partial charge in [0.1, 0.15) is 5.65 Å². The Bertz CT molecular complexity index is 1010. The average molecular weight is 353 g/mol. The Morgan fingerprint density at radius 2 is 2.00 bits per heavy atom. The van der Waals surface area contributed by atoms with Gasteiger partial charge in [-0.05, 0) is 61.7 Å². The molecule has 3 heterocycles. The van der Waals surface area contributed by atoms with Crippen LogP contribution in [0.4, 0.5) is 4.39 Å². The first kappa shape index (κ1) is 16.7. The van der Waals surface area contributed by atoms with Crippen LogP contribution in [0.25, 0.3) is 16.9 Å². The fraction of sp³-hybridized carbons (Fsp3) is 0.300. The van der Waals surface area contributed by atoms with E-state index in [4.69, 9.17) is 4.74 Å². The van der Waals surface area contributed by atoms with Gasteiger partial charge in [0.05, 0.1) is 12.8 Å². The predicted octanol–water partition coefficient (Wildman–Crippen LogP) is 2.98. The molecule has 1 aliphatic heterocycles. The van der Waals surface area contributed by atoms with Gasteiger partial charge in [0.25, 0.3) is 5.56 Å². The molecule has 1 aromatic carbocycles. The van der Waals surface area contributed by atoms with Crippen molar-refractivity contribution in [2.75, 3.05) is 20.2 Å². The van der Waals surface area contributed by atoms with Gasteiger partial charge in [-0.3, -0.25) is 9.20 Å². The van der Waals surface area contributed by atoms with Crippen molar-refractivity contribution in [2.45, 2.75) is 18.8 Å². The number of aromatic nitrogens is 2. The topological polar surface area (TPSA) is 55.6 Å². The highest BCUT2D eigenvalue weighted by Crippen LogP contribution is 2.26. The lowest BCUT2D eigenvalue weighted by molar-refractivity contribution is 0.386. The molecule has 26 heavy (non-hydrogen) atoms. The highest BCUT2D eigenvalue weighted by Gasteiger charge is 2.16. The average Bonchev–Trinajstić information content (AvgIpc) is 2.68. The number of ether oxygens (including phenoxy) is 1. The molecule has 0 unspecified atom stereocenters. The molecule has 1 aliphatic rings. The molecule has 4 rings (SSSR count). The first-order chi connectivity index (χ1) is 12.7. The molecule has 0 spiro atoms. The Kier molecular flexibility index (Phi) is 4.42. The summed E-state index contributed by atoms with van der Waals surface area (Å²) in [6.07, 6.45) is 4.02. The van der Waals surface area contributed by atoms with Crippen molar-refractivity contribution in [1.82, 2.24) is 14.7 Å². The number of nitrogens with zero attached hydrogens (tertiary/aromatic N) is 2. The maximum absolute atomic E-state index is 14.0. The SMILES string of the molecule is COc1ccc(-c2cc(=O)n3cc(C4CCNCC4)ccc3n2)cc1F. The second kappa shape index (κ2) is 6.88. The largest absolute Gasteiger partial charge is 0.494 e. The summed E-state index contributed by atoms with van der Waals surface area (Å²) in [5.74, 6) is 0.147. The van der Waals surface area contributed by atoms with Crippen LogP contribution in [-0.2, 0) is 0 Å². The molecule has 2 aromatic heterocycles. The lowest BCUT2D eigenvalue weighted by atomic mass is 9.91. The molecule has 5 nitrogen and oxygen atoms in total. The van der Waals surface area contributed by atoms with Crippen LogP contribution in [0.15, 0.2) is 47.4 Å². The molecule has 6 heteroatoms. The van der Waals surface area contributed by atoms with Gasteiger partial charge in [-0.25, -0.2) is 9.37 Å². The second-order valence-corrected chi connectivity index (χ2v) is 6.54. The van der Waals surface area contributed by atoms with Crippen molar-refractivity contribution in [3.05, 3.63) is 64.3 Å². The normalized spacial score (nSPS) is 15.3. The number of methoxy groups -OCH3 is 1. The molecule has 134 valence electrons. The molecular formula is C20H20FN3O2. The van der Waals surface area contributed by atoms with Gasteiger partial charge in [0.2, 0.25) is 0 Å². The maximum Gasteiger partial charge on any atom is 0.258 e. The molecule has 0 saturated carbocycles. The quantitative estimate of drug-likeness (QED) is 0.787. The molecule has 0 bridgehead atoms. The van der Waals surface area contributed by atoms with Gasteiger partial charge in [-0.1, -0.05) is 6.07 Å². The molecule has 0 atom stereocenters. The number of hydrogen-bond donors (Lipinski definition) is 1. The number of halogens is 1. The molecule has 0 radical (unpaired) electrons. The van der Waals surface area contributed by atoms with Gasteiger partial charge in [0.15, 0.2) is 11.6 Å². The fourth-order valence-corrected chi connectivity index (χ4v) is 3.49. The minimum absolute atomic E-state index is 0.165. The molecular weight excluding hydrogens is 333 g/mol. The van der Waals surface area contributed by atoms with Crippen LogP contribution in [0.5, 0.6) is 5.75 Å². The minimum atomic E-state index is -0.478. The van der Waals surface area contributed by atoms with Gasteiger partial charge < -0.3 is 10.1 Å². The van der Waals surface area contributed by atoms with E-state index in [0.29, 0.717) is 22.8 Å². The van der Waals surface area contributed by atoms with Crippen LogP contribution in [0.2, 0.25) is 0 Å². The number of nitrogens with one attached hydrogen (secondary N) is 1.